The van der Waals surface area contributed by atoms with E-state index in [2.05, 4.69) is 5.32 Å². The maximum absolute atomic E-state index is 12.2. The van der Waals surface area contributed by atoms with Gasteiger partial charge in [0.05, 0.1) is 28.4 Å². The lowest BCUT2D eigenvalue weighted by molar-refractivity contribution is 0.102. The van der Waals surface area contributed by atoms with Crippen LogP contribution in [0.5, 0.6) is 11.5 Å². The van der Waals surface area contributed by atoms with Crippen molar-refractivity contribution in [2.45, 2.75) is 0 Å². The van der Waals surface area contributed by atoms with Crippen molar-refractivity contribution in [2.24, 2.45) is 0 Å². The van der Waals surface area contributed by atoms with Gasteiger partial charge in [-0.2, -0.15) is 0 Å². The summed E-state index contributed by atoms with van der Waals surface area (Å²) in [6.07, 6.45) is 0. The Morgan fingerprint density at radius 2 is 1.76 bits per heavy atom. The number of hydrogen-bond acceptors (Lipinski definition) is 3. The number of amides is 1. The number of benzene rings is 2. The molecule has 0 bridgehead atoms. The van der Waals surface area contributed by atoms with Crippen molar-refractivity contribution < 1.29 is 14.6 Å². The third-order valence-electron chi connectivity index (χ3n) is 2.69. The molecule has 2 rings (SSSR count). The molecule has 0 heterocycles. The normalized spacial score (nSPS) is 10.3. The third kappa shape index (κ3) is 3.53. The molecular weight excluding hydrogens is 337 g/mol. The predicted molar refractivity (Wildman–Crippen MR) is 84.1 cm³/mol. The van der Waals surface area contributed by atoms with Crippen molar-refractivity contribution in [2.75, 3.05) is 12.4 Å². The number of phenols is 1. The first-order valence-corrected chi connectivity index (χ1v) is 6.88. The Hall–Kier alpha value is -1.62. The van der Waals surface area contributed by atoms with Crippen molar-refractivity contribution in [3.05, 3.63) is 51.0 Å². The van der Waals surface area contributed by atoms with Crippen molar-refractivity contribution in [3.63, 3.8) is 0 Å². The molecule has 2 aromatic rings. The average Bonchev–Trinajstić information content (AvgIpc) is 2.43. The lowest BCUT2D eigenvalue weighted by Gasteiger charge is -2.11. The van der Waals surface area contributed by atoms with Gasteiger partial charge in [0.15, 0.2) is 0 Å². The number of phenolic OH excluding ortho intramolecular Hbond substituents is 1. The van der Waals surface area contributed by atoms with E-state index in [9.17, 15) is 9.90 Å². The zero-order valence-electron chi connectivity index (χ0n) is 10.8. The highest BCUT2D eigenvalue weighted by molar-refractivity contribution is 6.42. The SMILES string of the molecule is COc1ccc(O)c(C(=O)Nc2c(Cl)cc(Cl)cc2Cl)c1. The van der Waals surface area contributed by atoms with Gasteiger partial charge in [-0.1, -0.05) is 34.8 Å². The molecule has 1 amide bonds. The molecule has 2 aromatic carbocycles. The highest BCUT2D eigenvalue weighted by atomic mass is 35.5. The molecule has 0 saturated carbocycles. The topological polar surface area (TPSA) is 58.6 Å². The second kappa shape index (κ2) is 6.43. The molecule has 0 saturated heterocycles. The van der Waals surface area contributed by atoms with Gasteiger partial charge in [-0.15, -0.1) is 0 Å². The fraction of sp³-hybridized carbons (Fsp3) is 0.0714. The maximum atomic E-state index is 12.2. The van der Waals surface area contributed by atoms with Crippen LogP contribution in [0.1, 0.15) is 10.4 Å². The van der Waals surface area contributed by atoms with E-state index in [1.54, 1.807) is 0 Å². The van der Waals surface area contributed by atoms with Crippen LogP contribution < -0.4 is 10.1 Å². The number of ether oxygens (including phenoxy) is 1. The Kier molecular flexibility index (Phi) is 4.83. The van der Waals surface area contributed by atoms with E-state index in [4.69, 9.17) is 39.5 Å². The van der Waals surface area contributed by atoms with Gasteiger partial charge in [0, 0.05) is 5.02 Å². The molecule has 0 aromatic heterocycles. The van der Waals surface area contributed by atoms with Crippen LogP contribution in [-0.2, 0) is 0 Å². The number of rotatable bonds is 3. The zero-order valence-corrected chi connectivity index (χ0v) is 13.1. The van der Waals surface area contributed by atoms with E-state index < -0.39 is 5.91 Å². The summed E-state index contributed by atoms with van der Waals surface area (Å²) < 4.78 is 5.01. The number of aromatic hydroxyl groups is 1. The molecule has 0 aliphatic heterocycles. The van der Waals surface area contributed by atoms with Gasteiger partial charge in [0.25, 0.3) is 5.91 Å². The zero-order chi connectivity index (χ0) is 15.6. The minimum absolute atomic E-state index is 0.0384. The third-order valence-corrected chi connectivity index (χ3v) is 3.51. The highest BCUT2D eigenvalue weighted by Crippen LogP contribution is 2.34. The molecule has 2 N–H and O–H groups in total. The number of carbonyl (C=O) groups excluding carboxylic acids is 1. The second-order valence-corrected chi connectivity index (χ2v) is 5.33. The largest absolute Gasteiger partial charge is 0.507 e. The lowest BCUT2D eigenvalue weighted by atomic mass is 10.1. The first-order chi connectivity index (χ1) is 9.92. The van der Waals surface area contributed by atoms with Gasteiger partial charge in [-0.3, -0.25) is 4.79 Å². The summed E-state index contributed by atoms with van der Waals surface area (Å²) in [4.78, 5) is 12.2. The number of carbonyl (C=O) groups is 1. The van der Waals surface area contributed by atoms with E-state index in [0.29, 0.717) is 10.8 Å². The van der Waals surface area contributed by atoms with Crippen molar-refractivity contribution in [3.8, 4) is 11.5 Å². The van der Waals surface area contributed by atoms with Crippen molar-refractivity contribution >= 4 is 46.4 Å². The Bertz CT molecular complexity index is 681. The molecule has 110 valence electrons. The van der Waals surface area contributed by atoms with Gasteiger partial charge in [0.1, 0.15) is 11.5 Å². The van der Waals surface area contributed by atoms with Crippen LogP contribution in [0, 0.1) is 0 Å². The monoisotopic (exact) mass is 345 g/mol. The summed E-state index contributed by atoms with van der Waals surface area (Å²) in [7, 11) is 1.46. The Morgan fingerprint density at radius 1 is 1.14 bits per heavy atom. The summed E-state index contributed by atoms with van der Waals surface area (Å²) in [6.45, 7) is 0. The maximum Gasteiger partial charge on any atom is 0.259 e. The van der Waals surface area contributed by atoms with E-state index in [0.717, 1.165) is 0 Å². The van der Waals surface area contributed by atoms with Gasteiger partial charge in [-0.05, 0) is 30.3 Å². The van der Waals surface area contributed by atoms with Crippen molar-refractivity contribution in [1.29, 1.82) is 0 Å². The minimum Gasteiger partial charge on any atom is -0.507 e. The molecule has 0 aliphatic rings. The molecule has 0 spiro atoms. The van der Waals surface area contributed by atoms with Crippen molar-refractivity contribution in [1.82, 2.24) is 0 Å². The molecule has 0 atom stereocenters. The minimum atomic E-state index is -0.572. The average molecular weight is 347 g/mol. The van der Waals surface area contributed by atoms with Gasteiger partial charge in [0.2, 0.25) is 0 Å². The summed E-state index contributed by atoms with van der Waals surface area (Å²) in [5.74, 6) is -0.321. The summed E-state index contributed by atoms with van der Waals surface area (Å²) in [6, 6.07) is 7.21. The van der Waals surface area contributed by atoms with E-state index >= 15 is 0 Å². The molecule has 0 fully saturated rings. The molecular formula is C14H10Cl3NO3. The van der Waals surface area contributed by atoms with Crippen LogP contribution >= 0.6 is 34.8 Å². The second-order valence-electron chi connectivity index (χ2n) is 4.08. The quantitative estimate of drug-likeness (QED) is 0.853. The molecule has 4 nitrogen and oxygen atoms in total. The van der Waals surface area contributed by atoms with Crippen LogP contribution in [-0.4, -0.2) is 18.1 Å². The first kappa shape index (κ1) is 15.8. The molecule has 0 aliphatic carbocycles. The van der Waals surface area contributed by atoms with Crippen LogP contribution in [0.2, 0.25) is 15.1 Å². The number of halogens is 3. The van der Waals surface area contributed by atoms with E-state index in [1.807, 2.05) is 0 Å². The summed E-state index contributed by atoms with van der Waals surface area (Å²) in [5, 5.41) is 13.0. The van der Waals surface area contributed by atoms with E-state index in [-0.39, 0.29) is 27.0 Å². The van der Waals surface area contributed by atoms with Crippen LogP contribution in [0.4, 0.5) is 5.69 Å². The number of anilines is 1. The van der Waals surface area contributed by atoms with Crippen LogP contribution in [0.15, 0.2) is 30.3 Å². The Labute approximate surface area is 136 Å². The molecule has 21 heavy (non-hydrogen) atoms. The lowest BCUT2D eigenvalue weighted by Crippen LogP contribution is -2.13. The van der Waals surface area contributed by atoms with Crippen LogP contribution in [0.3, 0.4) is 0 Å². The molecule has 0 radical (unpaired) electrons. The van der Waals surface area contributed by atoms with Crippen LogP contribution in [0.25, 0.3) is 0 Å². The summed E-state index contributed by atoms with van der Waals surface area (Å²) >= 11 is 17.8. The number of methoxy groups -OCH3 is 1. The van der Waals surface area contributed by atoms with E-state index in [1.165, 1.54) is 37.4 Å². The fourth-order valence-electron chi connectivity index (χ4n) is 1.67. The first-order valence-electron chi connectivity index (χ1n) is 5.75. The molecule has 0 unspecified atom stereocenters. The van der Waals surface area contributed by atoms with Gasteiger partial charge in [-0.25, -0.2) is 0 Å². The summed E-state index contributed by atoms with van der Waals surface area (Å²) in [5.41, 5.74) is 0.256. The standard InChI is InChI=1S/C14H10Cl3NO3/c1-21-8-2-3-12(19)9(6-8)14(20)18-13-10(16)4-7(15)5-11(13)17/h2-6,19H,1H3,(H,18,20). The number of nitrogens with one attached hydrogen (secondary N) is 1. The molecule has 7 heteroatoms. The van der Waals surface area contributed by atoms with Gasteiger partial charge >= 0.3 is 0 Å². The Balaban J connectivity index is 2.35. The number of hydrogen-bond donors (Lipinski definition) is 2. The Morgan fingerprint density at radius 3 is 2.33 bits per heavy atom. The van der Waals surface area contributed by atoms with Gasteiger partial charge < -0.3 is 15.2 Å². The highest BCUT2D eigenvalue weighted by Gasteiger charge is 2.16. The fourth-order valence-corrected chi connectivity index (χ4v) is 2.58. The smallest absolute Gasteiger partial charge is 0.259 e. The predicted octanol–water partition coefficient (Wildman–Crippen LogP) is 4.61.